The van der Waals surface area contributed by atoms with Gasteiger partial charge in [0.15, 0.2) is 9.84 Å². The van der Waals surface area contributed by atoms with Crippen LogP contribution in [0.25, 0.3) is 0 Å². The average molecular weight is 290 g/mol. The molecule has 1 aliphatic heterocycles. The molecule has 0 aromatic heterocycles. The van der Waals surface area contributed by atoms with Crippen molar-refractivity contribution in [3.8, 4) is 0 Å². The molecule has 5 nitrogen and oxygen atoms in total. The van der Waals surface area contributed by atoms with Gasteiger partial charge in [0.1, 0.15) is 5.75 Å². The molecule has 1 amide bonds. The fraction of sp³-hybridized carbons (Fsp3) is 0.923. The van der Waals surface area contributed by atoms with Gasteiger partial charge in [0.05, 0.1) is 5.75 Å². The van der Waals surface area contributed by atoms with E-state index in [0.717, 1.165) is 12.8 Å². The number of carbonyl (C=O) groups excluding carboxylic acids is 1. The van der Waals surface area contributed by atoms with Crippen LogP contribution in [-0.2, 0) is 14.6 Å². The van der Waals surface area contributed by atoms with Crippen LogP contribution in [0.5, 0.6) is 0 Å². The standard InChI is InChI=1S/C13H26N2O3S/c1-10(2)8-19(17,18)9-13(16)15-6-4-5-11(3)12(15)7-14/h10-12H,4-9,14H2,1-3H3/t11-,12+/m1/s1. The maximum atomic E-state index is 12.2. The van der Waals surface area contributed by atoms with E-state index in [2.05, 4.69) is 6.92 Å². The van der Waals surface area contributed by atoms with Gasteiger partial charge < -0.3 is 10.6 Å². The second-order valence-corrected chi connectivity index (χ2v) is 8.07. The highest BCUT2D eigenvalue weighted by Crippen LogP contribution is 2.23. The summed E-state index contributed by atoms with van der Waals surface area (Å²) in [6.45, 7) is 6.78. The summed E-state index contributed by atoms with van der Waals surface area (Å²) in [6, 6.07) is -0.0181. The van der Waals surface area contributed by atoms with Gasteiger partial charge in [-0.25, -0.2) is 8.42 Å². The third-order valence-corrected chi connectivity index (χ3v) is 5.47. The second kappa shape index (κ2) is 6.70. The molecule has 0 spiro atoms. The summed E-state index contributed by atoms with van der Waals surface area (Å²) in [4.78, 5) is 13.9. The molecule has 1 aliphatic rings. The summed E-state index contributed by atoms with van der Waals surface area (Å²) < 4.78 is 23.8. The zero-order valence-corrected chi connectivity index (χ0v) is 12.9. The van der Waals surface area contributed by atoms with Gasteiger partial charge in [0.2, 0.25) is 5.91 Å². The quantitative estimate of drug-likeness (QED) is 0.806. The highest BCUT2D eigenvalue weighted by Gasteiger charge is 2.32. The molecule has 0 saturated carbocycles. The third kappa shape index (κ3) is 4.76. The van der Waals surface area contributed by atoms with E-state index in [4.69, 9.17) is 5.73 Å². The smallest absolute Gasteiger partial charge is 0.238 e. The molecule has 2 N–H and O–H groups in total. The minimum atomic E-state index is -3.31. The van der Waals surface area contributed by atoms with Crippen molar-refractivity contribution < 1.29 is 13.2 Å². The van der Waals surface area contributed by atoms with Crippen molar-refractivity contribution in [3.05, 3.63) is 0 Å². The number of hydrogen-bond acceptors (Lipinski definition) is 4. The zero-order chi connectivity index (χ0) is 14.6. The molecule has 1 saturated heterocycles. The van der Waals surface area contributed by atoms with E-state index in [1.54, 1.807) is 4.90 Å². The fourth-order valence-corrected chi connectivity index (χ4v) is 4.43. The Bertz CT molecular complexity index is 406. The van der Waals surface area contributed by atoms with Crippen LogP contribution in [0.3, 0.4) is 0 Å². The number of carbonyl (C=O) groups is 1. The Morgan fingerprint density at radius 3 is 2.58 bits per heavy atom. The van der Waals surface area contributed by atoms with Crippen LogP contribution in [0.2, 0.25) is 0 Å². The topological polar surface area (TPSA) is 80.5 Å². The Balaban J connectivity index is 2.71. The first-order chi connectivity index (χ1) is 8.76. The minimum Gasteiger partial charge on any atom is -0.337 e. The van der Waals surface area contributed by atoms with Gasteiger partial charge in [-0.1, -0.05) is 20.8 Å². The van der Waals surface area contributed by atoms with Crippen LogP contribution in [-0.4, -0.2) is 49.9 Å². The first kappa shape index (κ1) is 16.4. The molecule has 1 rings (SSSR count). The number of sulfone groups is 1. The molecule has 0 aliphatic carbocycles. The van der Waals surface area contributed by atoms with Crippen LogP contribution in [0, 0.1) is 11.8 Å². The Morgan fingerprint density at radius 2 is 2.05 bits per heavy atom. The molecular weight excluding hydrogens is 264 g/mol. The van der Waals surface area contributed by atoms with E-state index >= 15 is 0 Å². The van der Waals surface area contributed by atoms with Crippen LogP contribution < -0.4 is 5.73 Å². The molecule has 2 atom stereocenters. The lowest BCUT2D eigenvalue weighted by Crippen LogP contribution is -2.53. The summed E-state index contributed by atoms with van der Waals surface area (Å²) in [7, 11) is -3.31. The summed E-state index contributed by atoms with van der Waals surface area (Å²) in [5, 5.41) is 0. The molecule has 1 fully saturated rings. The second-order valence-electron chi connectivity index (χ2n) is 5.96. The van der Waals surface area contributed by atoms with Crippen molar-refractivity contribution in [2.75, 3.05) is 24.6 Å². The van der Waals surface area contributed by atoms with Crippen LogP contribution in [0.4, 0.5) is 0 Å². The van der Waals surface area contributed by atoms with Gasteiger partial charge >= 0.3 is 0 Å². The molecule has 0 radical (unpaired) electrons. The number of rotatable bonds is 5. The molecule has 112 valence electrons. The highest BCUT2D eigenvalue weighted by atomic mass is 32.2. The van der Waals surface area contributed by atoms with E-state index in [1.165, 1.54) is 0 Å². The van der Waals surface area contributed by atoms with Crippen molar-refractivity contribution in [2.45, 2.75) is 39.7 Å². The maximum absolute atomic E-state index is 12.2. The lowest BCUT2D eigenvalue weighted by atomic mass is 9.91. The van der Waals surface area contributed by atoms with Gasteiger partial charge in [0, 0.05) is 19.1 Å². The predicted molar refractivity (Wildman–Crippen MR) is 76.4 cm³/mol. The van der Waals surface area contributed by atoms with Gasteiger partial charge in [-0.05, 0) is 24.7 Å². The SMILES string of the molecule is CC(C)CS(=O)(=O)CC(=O)N1CCC[C@@H](C)[C@@H]1CN. The van der Waals surface area contributed by atoms with Gasteiger partial charge in [0.25, 0.3) is 0 Å². The van der Waals surface area contributed by atoms with E-state index < -0.39 is 9.84 Å². The van der Waals surface area contributed by atoms with E-state index in [9.17, 15) is 13.2 Å². The summed E-state index contributed by atoms with van der Waals surface area (Å²) in [6.07, 6.45) is 1.97. The summed E-state index contributed by atoms with van der Waals surface area (Å²) >= 11 is 0. The lowest BCUT2D eigenvalue weighted by molar-refractivity contribution is -0.133. The number of nitrogens with two attached hydrogens (primary N) is 1. The highest BCUT2D eigenvalue weighted by molar-refractivity contribution is 7.92. The Kier molecular flexibility index (Phi) is 5.80. The van der Waals surface area contributed by atoms with Crippen molar-refractivity contribution in [1.82, 2.24) is 4.90 Å². The normalized spacial score (nSPS) is 24.8. The van der Waals surface area contributed by atoms with E-state index in [1.807, 2.05) is 13.8 Å². The first-order valence-electron chi connectivity index (χ1n) is 6.96. The van der Waals surface area contributed by atoms with Gasteiger partial charge in [-0.15, -0.1) is 0 Å². The predicted octanol–water partition coefficient (Wildman–Crippen LogP) is 0.643. The Hall–Kier alpha value is -0.620. The monoisotopic (exact) mass is 290 g/mol. The van der Waals surface area contributed by atoms with Crippen LogP contribution >= 0.6 is 0 Å². The van der Waals surface area contributed by atoms with Gasteiger partial charge in [-0.2, -0.15) is 0 Å². The number of likely N-dealkylation sites (tertiary alicyclic amines) is 1. The van der Waals surface area contributed by atoms with Crippen LogP contribution in [0.15, 0.2) is 0 Å². The number of piperidine rings is 1. The van der Waals surface area contributed by atoms with Crippen molar-refractivity contribution in [3.63, 3.8) is 0 Å². The molecule has 0 bridgehead atoms. The fourth-order valence-electron chi connectivity index (χ4n) is 2.76. The molecule has 6 heteroatoms. The molecule has 0 aromatic rings. The molecule has 0 unspecified atom stereocenters. The summed E-state index contributed by atoms with van der Waals surface area (Å²) in [5.74, 6) is -0.217. The number of nitrogens with zero attached hydrogens (tertiary/aromatic N) is 1. The van der Waals surface area contributed by atoms with Crippen LogP contribution in [0.1, 0.15) is 33.6 Å². The van der Waals surface area contributed by atoms with Crippen molar-refractivity contribution in [2.24, 2.45) is 17.6 Å². The van der Waals surface area contributed by atoms with E-state index in [0.29, 0.717) is 19.0 Å². The maximum Gasteiger partial charge on any atom is 0.238 e. The molecular formula is C13H26N2O3S. The van der Waals surface area contributed by atoms with Gasteiger partial charge in [-0.3, -0.25) is 4.79 Å². The number of hydrogen-bond donors (Lipinski definition) is 1. The zero-order valence-electron chi connectivity index (χ0n) is 12.1. The largest absolute Gasteiger partial charge is 0.337 e. The summed E-state index contributed by atoms with van der Waals surface area (Å²) in [5.41, 5.74) is 5.72. The lowest BCUT2D eigenvalue weighted by Gasteiger charge is -2.39. The Morgan fingerprint density at radius 1 is 1.42 bits per heavy atom. The molecule has 1 heterocycles. The number of amides is 1. The minimum absolute atomic E-state index is 0.0181. The molecule has 19 heavy (non-hydrogen) atoms. The first-order valence-corrected chi connectivity index (χ1v) is 8.79. The van der Waals surface area contributed by atoms with E-state index in [-0.39, 0.29) is 29.4 Å². The average Bonchev–Trinajstić information content (AvgIpc) is 2.25. The Labute approximate surface area is 116 Å². The van der Waals surface area contributed by atoms with Crippen molar-refractivity contribution in [1.29, 1.82) is 0 Å². The molecule has 0 aromatic carbocycles. The van der Waals surface area contributed by atoms with Crippen molar-refractivity contribution >= 4 is 15.7 Å². The third-order valence-electron chi connectivity index (χ3n) is 3.61.